The van der Waals surface area contributed by atoms with Gasteiger partial charge in [-0.1, -0.05) is 58.7 Å². The summed E-state index contributed by atoms with van der Waals surface area (Å²) in [6.45, 7) is 2.70. The number of nitrogens with zero attached hydrogens (tertiary/aromatic N) is 3. The lowest BCUT2D eigenvalue weighted by Gasteiger charge is -2.10. The third-order valence-corrected chi connectivity index (χ3v) is 6.02. The van der Waals surface area contributed by atoms with Crippen LogP contribution in [0.5, 0.6) is 5.75 Å². The Morgan fingerprint density at radius 1 is 1.13 bits per heavy atom. The molecular formula is C20H19Cl3N4O2S. The molecule has 0 unspecified atom stereocenters. The smallest absolute Gasteiger partial charge is 0.234 e. The van der Waals surface area contributed by atoms with E-state index in [0.29, 0.717) is 28.8 Å². The molecule has 1 amide bonds. The Labute approximate surface area is 193 Å². The molecule has 10 heteroatoms. The first-order valence-corrected chi connectivity index (χ1v) is 11.2. The number of hydrogen-bond acceptors (Lipinski definition) is 5. The van der Waals surface area contributed by atoms with E-state index >= 15 is 0 Å². The van der Waals surface area contributed by atoms with E-state index in [1.165, 1.54) is 23.9 Å². The Balaban J connectivity index is 1.65. The molecule has 0 saturated carbocycles. The lowest BCUT2D eigenvalue weighted by atomic mass is 10.1. The van der Waals surface area contributed by atoms with E-state index < -0.39 is 0 Å². The van der Waals surface area contributed by atoms with Crippen molar-refractivity contribution < 1.29 is 9.53 Å². The third kappa shape index (κ3) is 5.60. The van der Waals surface area contributed by atoms with Crippen molar-refractivity contribution >= 4 is 58.2 Å². The van der Waals surface area contributed by atoms with Crippen LogP contribution in [0.2, 0.25) is 15.1 Å². The molecule has 0 aliphatic rings. The van der Waals surface area contributed by atoms with Gasteiger partial charge in [0, 0.05) is 18.0 Å². The molecule has 0 saturated heterocycles. The Hall–Kier alpha value is -1.93. The number of amides is 1. The van der Waals surface area contributed by atoms with E-state index in [1.807, 2.05) is 35.8 Å². The van der Waals surface area contributed by atoms with Crippen LogP contribution in [0.4, 0.5) is 5.69 Å². The molecule has 0 fully saturated rings. The van der Waals surface area contributed by atoms with Crippen molar-refractivity contribution in [1.29, 1.82) is 0 Å². The summed E-state index contributed by atoms with van der Waals surface area (Å²) < 4.78 is 7.18. The van der Waals surface area contributed by atoms with Crippen LogP contribution >= 0.6 is 46.6 Å². The zero-order valence-electron chi connectivity index (χ0n) is 16.3. The van der Waals surface area contributed by atoms with Crippen LogP contribution in [0.25, 0.3) is 0 Å². The molecule has 0 aliphatic heterocycles. The highest BCUT2D eigenvalue weighted by atomic mass is 35.5. The first-order valence-electron chi connectivity index (χ1n) is 9.03. The fraction of sp³-hybridized carbons (Fsp3) is 0.250. The van der Waals surface area contributed by atoms with Gasteiger partial charge in [-0.2, -0.15) is 0 Å². The van der Waals surface area contributed by atoms with Crippen molar-refractivity contribution in [2.24, 2.45) is 0 Å². The second kappa shape index (κ2) is 10.4. The summed E-state index contributed by atoms with van der Waals surface area (Å²) in [4.78, 5) is 12.4. The van der Waals surface area contributed by atoms with E-state index in [-0.39, 0.29) is 21.7 Å². The van der Waals surface area contributed by atoms with Gasteiger partial charge < -0.3 is 14.6 Å². The lowest BCUT2D eigenvalue weighted by molar-refractivity contribution is -0.113. The number of rotatable bonds is 8. The fourth-order valence-electron chi connectivity index (χ4n) is 2.77. The molecule has 1 aromatic heterocycles. The van der Waals surface area contributed by atoms with Crippen LogP contribution in [0, 0.1) is 0 Å². The van der Waals surface area contributed by atoms with Gasteiger partial charge in [0.2, 0.25) is 5.91 Å². The van der Waals surface area contributed by atoms with Gasteiger partial charge in [-0.05, 0) is 36.8 Å². The minimum Gasteiger partial charge on any atom is -0.497 e. The van der Waals surface area contributed by atoms with Gasteiger partial charge in [-0.3, -0.25) is 4.79 Å². The number of methoxy groups -OCH3 is 1. The van der Waals surface area contributed by atoms with E-state index in [0.717, 1.165) is 17.1 Å². The number of aromatic nitrogens is 3. The van der Waals surface area contributed by atoms with Gasteiger partial charge in [-0.15, -0.1) is 10.2 Å². The number of thioether (sulfide) groups is 1. The molecule has 6 nitrogen and oxygen atoms in total. The molecule has 2 aromatic carbocycles. The number of anilines is 1. The average Bonchev–Trinajstić information content (AvgIpc) is 3.11. The number of nitrogens with one attached hydrogen (secondary N) is 1. The third-order valence-electron chi connectivity index (χ3n) is 4.23. The molecule has 0 radical (unpaired) electrons. The predicted molar refractivity (Wildman–Crippen MR) is 122 cm³/mol. The van der Waals surface area contributed by atoms with Crippen molar-refractivity contribution in [2.75, 3.05) is 18.2 Å². The van der Waals surface area contributed by atoms with Gasteiger partial charge in [0.05, 0.1) is 28.6 Å². The fourth-order valence-corrected chi connectivity index (χ4v) is 4.50. The number of halogens is 3. The predicted octanol–water partition coefficient (Wildman–Crippen LogP) is 5.59. The Bertz CT molecular complexity index is 1020. The maximum Gasteiger partial charge on any atom is 0.234 e. The number of benzene rings is 2. The quantitative estimate of drug-likeness (QED) is 0.421. The van der Waals surface area contributed by atoms with Crippen LogP contribution in [0.3, 0.4) is 0 Å². The second-order valence-corrected chi connectivity index (χ2v) is 8.44. The largest absolute Gasteiger partial charge is 0.497 e. The molecule has 1 heterocycles. The normalized spacial score (nSPS) is 10.8. The molecule has 0 spiro atoms. The van der Waals surface area contributed by atoms with E-state index in [9.17, 15) is 4.79 Å². The van der Waals surface area contributed by atoms with Crippen LogP contribution in [0.15, 0.2) is 41.6 Å². The number of carbonyl (C=O) groups excluding carboxylic acids is 1. The minimum absolute atomic E-state index is 0.135. The number of hydrogen-bond donors (Lipinski definition) is 1. The van der Waals surface area contributed by atoms with E-state index in [4.69, 9.17) is 39.5 Å². The molecule has 0 bridgehead atoms. The molecule has 158 valence electrons. The zero-order valence-corrected chi connectivity index (χ0v) is 19.4. The molecule has 3 rings (SSSR count). The first kappa shape index (κ1) is 22.7. The van der Waals surface area contributed by atoms with E-state index in [1.54, 1.807) is 7.11 Å². The topological polar surface area (TPSA) is 69.0 Å². The Morgan fingerprint density at radius 2 is 1.80 bits per heavy atom. The van der Waals surface area contributed by atoms with Crippen molar-refractivity contribution in [2.45, 2.75) is 25.0 Å². The number of carbonyl (C=O) groups is 1. The molecule has 0 atom stereocenters. The van der Waals surface area contributed by atoms with Crippen LogP contribution in [-0.4, -0.2) is 33.5 Å². The second-order valence-electron chi connectivity index (χ2n) is 6.25. The standard InChI is InChI=1S/C20H19Cl3N4O2S/c1-3-27-17(8-12-4-6-14(29-2)7-5-12)25-26-20(27)30-11-18(28)24-19-15(22)9-13(21)10-16(19)23/h4-7,9-10H,3,8,11H2,1-2H3,(H,24,28). The monoisotopic (exact) mass is 484 g/mol. The van der Waals surface area contributed by atoms with Crippen LogP contribution in [-0.2, 0) is 17.8 Å². The minimum atomic E-state index is -0.256. The summed E-state index contributed by atoms with van der Waals surface area (Å²) in [5.74, 6) is 1.51. The maximum atomic E-state index is 12.4. The first-order chi connectivity index (χ1) is 14.4. The zero-order chi connectivity index (χ0) is 21.7. The SMILES string of the molecule is CCn1c(Cc2ccc(OC)cc2)nnc1SCC(=O)Nc1c(Cl)cc(Cl)cc1Cl. The maximum absolute atomic E-state index is 12.4. The summed E-state index contributed by atoms with van der Waals surface area (Å²) in [6, 6.07) is 10.9. The van der Waals surface area contributed by atoms with Crippen molar-refractivity contribution in [1.82, 2.24) is 14.8 Å². The average molecular weight is 486 g/mol. The molecule has 0 aliphatic carbocycles. The van der Waals surface area contributed by atoms with Gasteiger partial charge in [-0.25, -0.2) is 0 Å². The highest BCUT2D eigenvalue weighted by Crippen LogP contribution is 2.33. The van der Waals surface area contributed by atoms with Crippen LogP contribution in [0.1, 0.15) is 18.3 Å². The summed E-state index contributed by atoms with van der Waals surface area (Å²) in [5, 5.41) is 12.9. The van der Waals surface area contributed by atoms with Crippen molar-refractivity contribution in [3.8, 4) is 5.75 Å². The van der Waals surface area contributed by atoms with Gasteiger partial charge in [0.25, 0.3) is 0 Å². The highest BCUT2D eigenvalue weighted by Gasteiger charge is 2.16. The van der Waals surface area contributed by atoms with Crippen LogP contribution < -0.4 is 10.1 Å². The van der Waals surface area contributed by atoms with Gasteiger partial charge >= 0.3 is 0 Å². The lowest BCUT2D eigenvalue weighted by Crippen LogP contribution is -2.15. The molecule has 3 aromatic rings. The summed E-state index contributed by atoms with van der Waals surface area (Å²) in [5.41, 5.74) is 1.43. The van der Waals surface area contributed by atoms with E-state index in [2.05, 4.69) is 15.5 Å². The summed E-state index contributed by atoms with van der Waals surface area (Å²) in [6.07, 6.45) is 0.633. The Morgan fingerprint density at radius 3 is 2.40 bits per heavy atom. The number of ether oxygens (including phenoxy) is 1. The van der Waals surface area contributed by atoms with Gasteiger partial charge in [0.15, 0.2) is 5.16 Å². The highest BCUT2D eigenvalue weighted by molar-refractivity contribution is 7.99. The van der Waals surface area contributed by atoms with Gasteiger partial charge in [0.1, 0.15) is 11.6 Å². The summed E-state index contributed by atoms with van der Waals surface area (Å²) >= 11 is 19.4. The molecule has 30 heavy (non-hydrogen) atoms. The Kier molecular flexibility index (Phi) is 7.88. The molecular weight excluding hydrogens is 467 g/mol. The summed E-state index contributed by atoms with van der Waals surface area (Å²) in [7, 11) is 1.64. The van der Waals surface area contributed by atoms with Crippen molar-refractivity contribution in [3.05, 3.63) is 62.9 Å². The van der Waals surface area contributed by atoms with Crippen molar-refractivity contribution in [3.63, 3.8) is 0 Å². The molecule has 1 N–H and O–H groups in total.